The highest BCUT2D eigenvalue weighted by molar-refractivity contribution is 5.85. The average molecular weight is 449 g/mol. The molecule has 2 aliphatic rings. The molecule has 2 aliphatic heterocycles. The normalized spacial score (nSPS) is 15.9. The predicted octanol–water partition coefficient (Wildman–Crippen LogP) is 3.70. The van der Waals surface area contributed by atoms with E-state index in [-0.39, 0.29) is 12.4 Å². The number of para-hydroxylation sites is 1. The quantitative estimate of drug-likeness (QED) is 0.513. The van der Waals surface area contributed by atoms with Gasteiger partial charge in [-0.05, 0) is 29.8 Å². The number of hydrogen-bond acceptors (Lipinski definition) is 6. The number of imidazole rings is 1. The molecule has 0 radical (unpaired) electrons. The van der Waals surface area contributed by atoms with Crippen LogP contribution in [0, 0.1) is 0 Å². The van der Waals surface area contributed by atoms with Crippen molar-refractivity contribution in [2.75, 3.05) is 37.7 Å². The second-order valence-corrected chi connectivity index (χ2v) is 8.15. The van der Waals surface area contributed by atoms with Gasteiger partial charge in [-0.25, -0.2) is 15.0 Å². The topological polar surface area (TPSA) is 70.2 Å². The molecule has 0 saturated carbocycles. The molecule has 6 rings (SSSR count). The maximum Gasteiger partial charge on any atom is 0.225 e. The Bertz CT molecular complexity index is 1230. The van der Waals surface area contributed by atoms with E-state index >= 15 is 0 Å². The van der Waals surface area contributed by atoms with Crippen molar-refractivity contribution in [1.82, 2.24) is 24.8 Å². The summed E-state index contributed by atoms with van der Waals surface area (Å²) in [6.07, 6.45) is 4.92. The summed E-state index contributed by atoms with van der Waals surface area (Å²) in [7, 11) is 0. The Morgan fingerprint density at radius 2 is 1.88 bits per heavy atom. The fourth-order valence-corrected chi connectivity index (χ4v) is 4.37. The first kappa shape index (κ1) is 20.7. The number of piperazine rings is 1. The highest BCUT2D eigenvalue weighted by Crippen LogP contribution is 2.29. The Labute approximate surface area is 192 Å². The average Bonchev–Trinajstić information content (AvgIpc) is 3.48. The van der Waals surface area contributed by atoms with Crippen LogP contribution < -0.4 is 9.64 Å². The minimum Gasteiger partial charge on any atom is -0.493 e. The fraction of sp³-hybridized carbons (Fsp3) is 0.292. The first-order valence-electron chi connectivity index (χ1n) is 10.8. The molecular weight excluding hydrogens is 424 g/mol. The first-order chi connectivity index (χ1) is 15.3. The molecular formula is C24H25ClN6O. The first-order valence-corrected chi connectivity index (χ1v) is 10.8. The highest BCUT2D eigenvalue weighted by atomic mass is 35.5. The van der Waals surface area contributed by atoms with E-state index in [1.165, 1.54) is 5.56 Å². The van der Waals surface area contributed by atoms with Crippen molar-refractivity contribution in [2.24, 2.45) is 0 Å². The molecule has 1 fully saturated rings. The van der Waals surface area contributed by atoms with Crippen LogP contribution in [0.1, 0.15) is 11.3 Å². The Kier molecular flexibility index (Phi) is 5.68. The summed E-state index contributed by atoms with van der Waals surface area (Å²) in [5, 5.41) is 1.08. The van der Waals surface area contributed by atoms with E-state index in [2.05, 4.69) is 31.9 Å². The number of halogens is 1. The maximum absolute atomic E-state index is 5.61. The van der Waals surface area contributed by atoms with Crippen molar-refractivity contribution in [3.05, 3.63) is 66.1 Å². The van der Waals surface area contributed by atoms with Crippen LogP contribution in [0.2, 0.25) is 0 Å². The lowest BCUT2D eigenvalue weighted by Gasteiger charge is -2.34. The molecule has 4 heterocycles. The number of H-pyrrole nitrogens is 1. The molecule has 0 atom stereocenters. The van der Waals surface area contributed by atoms with Crippen molar-refractivity contribution in [3.63, 3.8) is 0 Å². The molecule has 4 aromatic rings. The van der Waals surface area contributed by atoms with Gasteiger partial charge in [0.15, 0.2) is 0 Å². The number of fused-ring (bicyclic) bond motifs is 2. The van der Waals surface area contributed by atoms with Crippen LogP contribution >= 0.6 is 12.4 Å². The lowest BCUT2D eigenvalue weighted by atomic mass is 10.1. The van der Waals surface area contributed by atoms with Crippen LogP contribution in [0.25, 0.3) is 22.3 Å². The number of rotatable bonds is 4. The van der Waals surface area contributed by atoms with Crippen LogP contribution in [0.5, 0.6) is 5.75 Å². The van der Waals surface area contributed by atoms with Gasteiger partial charge in [-0.3, -0.25) is 4.90 Å². The summed E-state index contributed by atoms with van der Waals surface area (Å²) in [4.78, 5) is 22.2. The number of benzene rings is 2. The summed E-state index contributed by atoms with van der Waals surface area (Å²) < 4.78 is 5.61. The predicted molar refractivity (Wildman–Crippen MR) is 127 cm³/mol. The Morgan fingerprint density at radius 1 is 1.00 bits per heavy atom. The van der Waals surface area contributed by atoms with E-state index < -0.39 is 0 Å². The van der Waals surface area contributed by atoms with E-state index in [0.29, 0.717) is 0 Å². The van der Waals surface area contributed by atoms with E-state index in [4.69, 9.17) is 14.7 Å². The number of nitrogens with one attached hydrogen (secondary N) is 1. The van der Waals surface area contributed by atoms with Gasteiger partial charge in [-0.15, -0.1) is 12.4 Å². The van der Waals surface area contributed by atoms with Crippen LogP contribution in [0.3, 0.4) is 0 Å². The SMILES string of the molecule is Cl.c1ccc2nc(N3CCN(Cc4c[nH]c(-c5ccc6c(c5)CCO6)n4)CC3)ncc2c1. The molecule has 164 valence electrons. The molecule has 7 nitrogen and oxygen atoms in total. The third-order valence-corrected chi connectivity index (χ3v) is 6.11. The summed E-state index contributed by atoms with van der Waals surface area (Å²) >= 11 is 0. The van der Waals surface area contributed by atoms with Gasteiger partial charge in [0.1, 0.15) is 11.6 Å². The minimum atomic E-state index is 0. The molecule has 0 spiro atoms. The minimum absolute atomic E-state index is 0. The number of nitrogens with zero attached hydrogens (tertiary/aromatic N) is 5. The van der Waals surface area contributed by atoms with Crippen molar-refractivity contribution >= 4 is 29.3 Å². The largest absolute Gasteiger partial charge is 0.493 e. The monoisotopic (exact) mass is 448 g/mol. The van der Waals surface area contributed by atoms with Gasteiger partial charge in [-0.2, -0.15) is 0 Å². The summed E-state index contributed by atoms with van der Waals surface area (Å²) in [6.45, 7) is 5.39. The zero-order chi connectivity index (χ0) is 20.6. The van der Waals surface area contributed by atoms with Gasteiger partial charge in [0, 0.05) is 62.5 Å². The summed E-state index contributed by atoms with van der Waals surface area (Å²) in [6, 6.07) is 14.4. The number of aromatic nitrogens is 4. The van der Waals surface area contributed by atoms with Crippen molar-refractivity contribution in [3.8, 4) is 17.1 Å². The summed E-state index contributed by atoms with van der Waals surface area (Å²) in [5.41, 5.74) is 4.45. The van der Waals surface area contributed by atoms with Gasteiger partial charge in [0.25, 0.3) is 0 Å². The molecule has 8 heteroatoms. The number of aromatic amines is 1. The van der Waals surface area contributed by atoms with E-state index in [0.717, 1.165) is 85.4 Å². The van der Waals surface area contributed by atoms with Crippen molar-refractivity contribution in [1.29, 1.82) is 0 Å². The van der Waals surface area contributed by atoms with E-state index in [1.54, 1.807) is 0 Å². The van der Waals surface area contributed by atoms with Crippen LogP contribution in [-0.4, -0.2) is 57.6 Å². The molecule has 0 unspecified atom stereocenters. The molecule has 1 saturated heterocycles. The lowest BCUT2D eigenvalue weighted by molar-refractivity contribution is 0.246. The van der Waals surface area contributed by atoms with Crippen LogP contribution in [0.4, 0.5) is 5.95 Å². The van der Waals surface area contributed by atoms with Crippen LogP contribution in [-0.2, 0) is 13.0 Å². The molecule has 1 N–H and O–H groups in total. The molecule has 2 aromatic carbocycles. The number of anilines is 1. The molecule has 0 aliphatic carbocycles. The van der Waals surface area contributed by atoms with Gasteiger partial charge < -0.3 is 14.6 Å². The van der Waals surface area contributed by atoms with Gasteiger partial charge >= 0.3 is 0 Å². The second kappa shape index (κ2) is 8.76. The highest BCUT2D eigenvalue weighted by Gasteiger charge is 2.20. The zero-order valence-electron chi connectivity index (χ0n) is 17.7. The second-order valence-electron chi connectivity index (χ2n) is 8.15. The standard InChI is InChI=1S/C24H24N6O.ClH/c1-2-4-21-19(3-1)14-26-24(28-21)30-10-8-29(9-11-30)16-20-15-25-23(27-20)18-5-6-22-17(13-18)7-12-31-22;/h1-6,13-15H,7-12,16H2,(H,25,27);1H. The Balaban J connectivity index is 0.00000216. The third-order valence-electron chi connectivity index (χ3n) is 6.11. The smallest absolute Gasteiger partial charge is 0.225 e. The summed E-state index contributed by atoms with van der Waals surface area (Å²) in [5.74, 6) is 2.75. The van der Waals surface area contributed by atoms with E-state index in [9.17, 15) is 0 Å². The van der Waals surface area contributed by atoms with Crippen molar-refractivity contribution in [2.45, 2.75) is 13.0 Å². The lowest BCUT2D eigenvalue weighted by Crippen LogP contribution is -2.46. The molecule has 32 heavy (non-hydrogen) atoms. The third kappa shape index (κ3) is 4.01. The Hall–Kier alpha value is -3.16. The fourth-order valence-electron chi connectivity index (χ4n) is 4.37. The zero-order valence-corrected chi connectivity index (χ0v) is 18.5. The van der Waals surface area contributed by atoms with Crippen LogP contribution in [0.15, 0.2) is 54.9 Å². The maximum atomic E-state index is 5.61. The van der Waals surface area contributed by atoms with Gasteiger partial charge in [0.2, 0.25) is 5.95 Å². The molecule has 0 amide bonds. The van der Waals surface area contributed by atoms with Gasteiger partial charge in [-0.1, -0.05) is 18.2 Å². The number of hydrogen-bond donors (Lipinski definition) is 1. The van der Waals surface area contributed by atoms with Crippen molar-refractivity contribution < 1.29 is 4.74 Å². The molecule has 2 aromatic heterocycles. The van der Waals surface area contributed by atoms with E-state index in [1.807, 2.05) is 42.7 Å². The molecule has 0 bridgehead atoms. The number of ether oxygens (including phenoxy) is 1. The Morgan fingerprint density at radius 3 is 2.78 bits per heavy atom. The van der Waals surface area contributed by atoms with Gasteiger partial charge in [0.05, 0.1) is 17.8 Å².